The standard InChI is InChI=1S/C23H28N4O2S/c1-23(2,3)18-10-8-17(9-11-18)21-25-26-22(27(21)14-19-5-4-12-29-19)30-15-20(28)24-13-16-6-7-16/h4-5,8-12,16H,6-7,13-15H2,1-3H3,(H,24,28). The van der Waals surface area contributed by atoms with Crippen molar-refractivity contribution in [2.75, 3.05) is 12.3 Å². The van der Waals surface area contributed by atoms with Gasteiger partial charge in [-0.05, 0) is 41.9 Å². The third-order valence-electron chi connectivity index (χ3n) is 5.24. The third kappa shape index (κ3) is 5.14. The summed E-state index contributed by atoms with van der Waals surface area (Å²) in [5, 5.41) is 12.5. The second-order valence-corrected chi connectivity index (χ2v) is 9.78. The topological polar surface area (TPSA) is 73.0 Å². The molecule has 1 aliphatic rings. The number of nitrogens with zero attached hydrogens (tertiary/aromatic N) is 3. The SMILES string of the molecule is CC(C)(C)c1ccc(-c2nnc(SCC(=O)NCC3CC3)n2Cc2ccco2)cc1. The second kappa shape index (κ2) is 8.68. The summed E-state index contributed by atoms with van der Waals surface area (Å²) in [4.78, 5) is 12.2. The van der Waals surface area contributed by atoms with E-state index in [0.29, 0.717) is 23.4 Å². The first-order valence-corrected chi connectivity index (χ1v) is 11.3. The molecular weight excluding hydrogens is 396 g/mol. The van der Waals surface area contributed by atoms with Crippen molar-refractivity contribution in [1.82, 2.24) is 20.1 Å². The Balaban J connectivity index is 1.54. The maximum absolute atomic E-state index is 12.2. The lowest BCUT2D eigenvalue weighted by Crippen LogP contribution is -2.27. The number of aromatic nitrogens is 3. The minimum atomic E-state index is 0.0375. The van der Waals surface area contributed by atoms with Gasteiger partial charge in [-0.25, -0.2) is 0 Å². The quantitative estimate of drug-likeness (QED) is 0.539. The Hall–Kier alpha value is -2.54. The molecular formula is C23H28N4O2S. The number of furan rings is 1. The zero-order valence-electron chi connectivity index (χ0n) is 17.7. The van der Waals surface area contributed by atoms with E-state index in [0.717, 1.165) is 23.7 Å². The highest BCUT2D eigenvalue weighted by Gasteiger charge is 2.22. The lowest BCUT2D eigenvalue weighted by atomic mass is 9.87. The number of hydrogen-bond acceptors (Lipinski definition) is 5. The van der Waals surface area contributed by atoms with Gasteiger partial charge in [0.1, 0.15) is 5.76 Å². The van der Waals surface area contributed by atoms with Gasteiger partial charge in [0.25, 0.3) is 0 Å². The lowest BCUT2D eigenvalue weighted by molar-refractivity contribution is -0.118. The summed E-state index contributed by atoms with van der Waals surface area (Å²) in [6.07, 6.45) is 4.11. The predicted molar refractivity (Wildman–Crippen MR) is 118 cm³/mol. The third-order valence-corrected chi connectivity index (χ3v) is 6.20. The molecule has 0 saturated heterocycles. The van der Waals surface area contributed by atoms with Crippen molar-refractivity contribution in [3.63, 3.8) is 0 Å². The summed E-state index contributed by atoms with van der Waals surface area (Å²) in [6, 6.07) is 12.2. The molecule has 0 bridgehead atoms. The van der Waals surface area contributed by atoms with Gasteiger partial charge in [-0.2, -0.15) is 0 Å². The minimum Gasteiger partial charge on any atom is -0.467 e. The van der Waals surface area contributed by atoms with E-state index in [1.165, 1.54) is 30.2 Å². The van der Waals surface area contributed by atoms with E-state index in [9.17, 15) is 4.79 Å². The Morgan fingerprint density at radius 2 is 1.97 bits per heavy atom. The molecule has 1 aromatic carbocycles. The van der Waals surface area contributed by atoms with E-state index in [4.69, 9.17) is 4.42 Å². The summed E-state index contributed by atoms with van der Waals surface area (Å²) in [5.74, 6) is 2.63. The smallest absolute Gasteiger partial charge is 0.230 e. The molecule has 1 N–H and O–H groups in total. The minimum absolute atomic E-state index is 0.0375. The maximum atomic E-state index is 12.2. The van der Waals surface area contributed by atoms with Gasteiger partial charge in [-0.3, -0.25) is 9.36 Å². The summed E-state index contributed by atoms with van der Waals surface area (Å²) < 4.78 is 7.57. The number of amides is 1. The highest BCUT2D eigenvalue weighted by atomic mass is 32.2. The molecule has 1 fully saturated rings. The largest absolute Gasteiger partial charge is 0.467 e. The van der Waals surface area contributed by atoms with Crippen LogP contribution >= 0.6 is 11.8 Å². The van der Waals surface area contributed by atoms with Crippen LogP contribution in [0.5, 0.6) is 0 Å². The number of rotatable bonds is 8. The molecule has 7 heteroatoms. The molecule has 0 atom stereocenters. The molecule has 2 heterocycles. The fraction of sp³-hybridized carbons (Fsp3) is 0.435. The molecule has 1 aliphatic carbocycles. The Bertz CT molecular complexity index is 983. The monoisotopic (exact) mass is 424 g/mol. The fourth-order valence-electron chi connectivity index (χ4n) is 3.19. The van der Waals surface area contributed by atoms with E-state index in [2.05, 4.69) is 60.6 Å². The Morgan fingerprint density at radius 3 is 2.60 bits per heavy atom. The molecule has 1 amide bonds. The van der Waals surface area contributed by atoms with Gasteiger partial charge in [0.2, 0.25) is 5.91 Å². The van der Waals surface area contributed by atoms with E-state index in [-0.39, 0.29) is 11.3 Å². The molecule has 30 heavy (non-hydrogen) atoms. The van der Waals surface area contributed by atoms with E-state index in [1.807, 2.05) is 16.7 Å². The number of carbonyl (C=O) groups is 1. The number of carbonyl (C=O) groups excluding carboxylic acids is 1. The van der Waals surface area contributed by atoms with Crippen molar-refractivity contribution in [2.45, 2.75) is 50.7 Å². The van der Waals surface area contributed by atoms with Crippen molar-refractivity contribution < 1.29 is 9.21 Å². The number of hydrogen-bond donors (Lipinski definition) is 1. The summed E-state index contributed by atoms with van der Waals surface area (Å²) in [7, 11) is 0. The molecule has 0 unspecified atom stereocenters. The second-order valence-electron chi connectivity index (χ2n) is 8.84. The van der Waals surface area contributed by atoms with Gasteiger partial charge in [0, 0.05) is 12.1 Å². The van der Waals surface area contributed by atoms with Crippen LogP contribution in [0.2, 0.25) is 0 Å². The van der Waals surface area contributed by atoms with E-state index in [1.54, 1.807) is 6.26 Å². The predicted octanol–water partition coefficient (Wildman–Crippen LogP) is 4.50. The summed E-state index contributed by atoms with van der Waals surface area (Å²) in [6.45, 7) is 7.89. The van der Waals surface area contributed by atoms with Crippen molar-refractivity contribution in [2.24, 2.45) is 5.92 Å². The average molecular weight is 425 g/mol. The highest BCUT2D eigenvalue weighted by Crippen LogP contribution is 2.29. The number of benzene rings is 1. The summed E-state index contributed by atoms with van der Waals surface area (Å²) in [5.41, 5.74) is 2.35. The number of thioether (sulfide) groups is 1. The molecule has 6 nitrogen and oxygen atoms in total. The van der Waals surface area contributed by atoms with Crippen LogP contribution in [0.1, 0.15) is 44.9 Å². The zero-order valence-corrected chi connectivity index (χ0v) is 18.5. The van der Waals surface area contributed by atoms with Crippen molar-refractivity contribution in [3.05, 3.63) is 54.0 Å². The Labute approximate surface area is 181 Å². The van der Waals surface area contributed by atoms with Crippen molar-refractivity contribution in [3.8, 4) is 11.4 Å². The van der Waals surface area contributed by atoms with Crippen molar-refractivity contribution >= 4 is 17.7 Å². The molecule has 1 saturated carbocycles. The van der Waals surface area contributed by atoms with Crippen LogP contribution in [-0.2, 0) is 16.8 Å². The maximum Gasteiger partial charge on any atom is 0.230 e. The van der Waals surface area contributed by atoms with Crippen LogP contribution in [0, 0.1) is 5.92 Å². The molecule has 4 rings (SSSR count). The van der Waals surface area contributed by atoms with Gasteiger partial charge in [-0.15, -0.1) is 10.2 Å². The number of nitrogens with one attached hydrogen (secondary N) is 1. The Morgan fingerprint density at radius 1 is 1.20 bits per heavy atom. The zero-order chi connectivity index (χ0) is 21.1. The van der Waals surface area contributed by atoms with Gasteiger partial charge in [0.05, 0.1) is 18.6 Å². The van der Waals surface area contributed by atoms with Crippen LogP contribution < -0.4 is 5.32 Å². The van der Waals surface area contributed by atoms with Gasteiger partial charge < -0.3 is 9.73 Å². The first-order valence-electron chi connectivity index (χ1n) is 10.4. The molecule has 0 radical (unpaired) electrons. The molecule has 0 spiro atoms. The first-order chi connectivity index (χ1) is 14.4. The van der Waals surface area contributed by atoms with Gasteiger partial charge in [-0.1, -0.05) is 56.8 Å². The van der Waals surface area contributed by atoms with E-state index < -0.39 is 0 Å². The highest BCUT2D eigenvalue weighted by molar-refractivity contribution is 7.99. The van der Waals surface area contributed by atoms with E-state index >= 15 is 0 Å². The van der Waals surface area contributed by atoms with Crippen LogP contribution in [-0.4, -0.2) is 33.0 Å². The van der Waals surface area contributed by atoms with Gasteiger partial charge >= 0.3 is 0 Å². The normalized spacial score (nSPS) is 14.1. The van der Waals surface area contributed by atoms with Crippen LogP contribution in [0.25, 0.3) is 11.4 Å². The van der Waals surface area contributed by atoms with Gasteiger partial charge in [0.15, 0.2) is 11.0 Å². The van der Waals surface area contributed by atoms with Crippen LogP contribution in [0.15, 0.2) is 52.2 Å². The fourth-order valence-corrected chi connectivity index (χ4v) is 3.96. The first kappa shape index (κ1) is 20.7. The van der Waals surface area contributed by atoms with Crippen LogP contribution in [0.4, 0.5) is 0 Å². The van der Waals surface area contributed by atoms with Crippen molar-refractivity contribution in [1.29, 1.82) is 0 Å². The summed E-state index contributed by atoms with van der Waals surface area (Å²) >= 11 is 1.41. The molecule has 158 valence electrons. The molecule has 2 aromatic heterocycles. The average Bonchev–Trinajstić information content (AvgIpc) is 3.25. The van der Waals surface area contributed by atoms with Crippen LogP contribution in [0.3, 0.4) is 0 Å². The lowest BCUT2D eigenvalue weighted by Gasteiger charge is -2.19. The molecule has 0 aliphatic heterocycles. The molecule has 3 aromatic rings. The Kier molecular flexibility index (Phi) is 5.99.